The summed E-state index contributed by atoms with van der Waals surface area (Å²) in [6, 6.07) is 0. The van der Waals surface area contributed by atoms with Crippen LogP contribution in [-0.2, 0) is 4.79 Å². The van der Waals surface area contributed by atoms with Crippen molar-refractivity contribution in [2.24, 2.45) is 22.7 Å². The predicted octanol–water partition coefficient (Wildman–Crippen LogP) is -0.105. The van der Waals surface area contributed by atoms with Crippen LogP contribution in [0.2, 0.25) is 0 Å². The van der Waals surface area contributed by atoms with E-state index in [0.29, 0.717) is 18.9 Å². The highest BCUT2D eigenvalue weighted by Crippen LogP contribution is 2.37. The van der Waals surface area contributed by atoms with Crippen LogP contribution in [0.3, 0.4) is 0 Å². The Bertz CT molecular complexity index is 227. The van der Waals surface area contributed by atoms with E-state index in [1.807, 2.05) is 6.92 Å². The first-order valence-corrected chi connectivity index (χ1v) is 4.39. The summed E-state index contributed by atoms with van der Waals surface area (Å²) >= 11 is 0. The molecule has 0 heterocycles. The van der Waals surface area contributed by atoms with Gasteiger partial charge in [0.2, 0.25) is 5.91 Å². The van der Waals surface area contributed by atoms with Crippen LogP contribution in [0.25, 0.3) is 0 Å². The van der Waals surface area contributed by atoms with Crippen LogP contribution in [0.15, 0.2) is 5.16 Å². The minimum Gasteiger partial charge on any atom is -0.409 e. The molecule has 4 N–H and O–H groups in total. The fourth-order valence-electron chi connectivity index (χ4n) is 1.18. The Balaban J connectivity index is 2.09. The molecule has 1 amide bonds. The molecule has 1 aliphatic carbocycles. The van der Waals surface area contributed by atoms with Gasteiger partial charge in [-0.1, -0.05) is 12.1 Å². The van der Waals surface area contributed by atoms with Crippen LogP contribution in [0.4, 0.5) is 0 Å². The van der Waals surface area contributed by atoms with Crippen LogP contribution in [-0.4, -0.2) is 23.5 Å². The maximum atomic E-state index is 11.2. The van der Waals surface area contributed by atoms with Gasteiger partial charge in [-0.05, 0) is 12.3 Å². The summed E-state index contributed by atoms with van der Waals surface area (Å²) in [6.45, 7) is 2.49. The normalized spacial score (nSPS) is 27.0. The van der Waals surface area contributed by atoms with Crippen molar-refractivity contribution in [1.82, 2.24) is 5.32 Å². The second-order valence-electron chi connectivity index (χ2n) is 3.45. The molecule has 2 unspecified atom stereocenters. The second-order valence-corrected chi connectivity index (χ2v) is 3.45. The van der Waals surface area contributed by atoms with Gasteiger partial charge in [-0.25, -0.2) is 0 Å². The number of amides is 1. The fraction of sp³-hybridized carbons (Fsp3) is 0.750. The van der Waals surface area contributed by atoms with Crippen molar-refractivity contribution in [1.29, 1.82) is 0 Å². The molecule has 0 saturated heterocycles. The SMILES string of the molecule is CC1CC1C(=O)NCCC(N)=NO. The van der Waals surface area contributed by atoms with Crippen molar-refractivity contribution < 1.29 is 10.0 Å². The van der Waals surface area contributed by atoms with E-state index in [9.17, 15) is 4.79 Å². The highest BCUT2D eigenvalue weighted by molar-refractivity contribution is 5.83. The number of hydrogen-bond acceptors (Lipinski definition) is 3. The molecule has 1 saturated carbocycles. The third-order valence-electron chi connectivity index (χ3n) is 2.26. The lowest BCUT2D eigenvalue weighted by molar-refractivity contribution is -0.122. The van der Waals surface area contributed by atoms with Crippen LogP contribution in [0.1, 0.15) is 19.8 Å². The van der Waals surface area contributed by atoms with Gasteiger partial charge in [0.15, 0.2) is 0 Å². The molecule has 13 heavy (non-hydrogen) atoms. The Morgan fingerprint density at radius 2 is 2.38 bits per heavy atom. The number of oxime groups is 1. The molecule has 74 valence electrons. The number of rotatable bonds is 4. The zero-order valence-electron chi connectivity index (χ0n) is 7.66. The first kappa shape index (κ1) is 9.83. The van der Waals surface area contributed by atoms with E-state index < -0.39 is 0 Å². The highest BCUT2D eigenvalue weighted by Gasteiger charge is 2.38. The number of nitrogens with one attached hydrogen (secondary N) is 1. The van der Waals surface area contributed by atoms with Gasteiger partial charge < -0.3 is 16.3 Å². The average molecular weight is 185 g/mol. The van der Waals surface area contributed by atoms with E-state index in [0.717, 1.165) is 6.42 Å². The number of amidine groups is 1. The molecule has 0 bridgehead atoms. The van der Waals surface area contributed by atoms with Crippen LogP contribution < -0.4 is 11.1 Å². The Labute approximate surface area is 77.0 Å². The largest absolute Gasteiger partial charge is 0.409 e. The Kier molecular flexibility index (Phi) is 3.11. The van der Waals surface area contributed by atoms with E-state index in [1.54, 1.807) is 0 Å². The van der Waals surface area contributed by atoms with Crippen molar-refractivity contribution in [2.45, 2.75) is 19.8 Å². The van der Waals surface area contributed by atoms with Gasteiger partial charge in [0, 0.05) is 18.9 Å². The molecule has 5 heteroatoms. The van der Waals surface area contributed by atoms with Crippen molar-refractivity contribution in [3.8, 4) is 0 Å². The van der Waals surface area contributed by atoms with Crippen LogP contribution >= 0.6 is 0 Å². The van der Waals surface area contributed by atoms with Crippen LogP contribution in [0.5, 0.6) is 0 Å². The summed E-state index contributed by atoms with van der Waals surface area (Å²) < 4.78 is 0. The monoisotopic (exact) mass is 185 g/mol. The van der Waals surface area contributed by atoms with Gasteiger partial charge >= 0.3 is 0 Å². The van der Waals surface area contributed by atoms with E-state index in [4.69, 9.17) is 10.9 Å². The first-order valence-electron chi connectivity index (χ1n) is 4.39. The topological polar surface area (TPSA) is 87.7 Å². The number of carbonyl (C=O) groups excluding carboxylic acids is 1. The van der Waals surface area contributed by atoms with Gasteiger partial charge in [0.05, 0.1) is 0 Å². The van der Waals surface area contributed by atoms with Crippen molar-refractivity contribution >= 4 is 11.7 Å². The third-order valence-corrected chi connectivity index (χ3v) is 2.26. The smallest absolute Gasteiger partial charge is 0.223 e. The van der Waals surface area contributed by atoms with Gasteiger partial charge in [-0.2, -0.15) is 0 Å². The summed E-state index contributed by atoms with van der Waals surface area (Å²) in [5, 5.41) is 13.7. The molecule has 1 fully saturated rings. The molecule has 0 spiro atoms. The molecular formula is C8H15N3O2. The summed E-state index contributed by atoms with van der Waals surface area (Å²) in [7, 11) is 0. The van der Waals surface area contributed by atoms with Crippen LogP contribution in [0, 0.1) is 11.8 Å². The summed E-state index contributed by atoms with van der Waals surface area (Å²) in [6.07, 6.45) is 1.37. The minimum absolute atomic E-state index is 0.0817. The maximum Gasteiger partial charge on any atom is 0.223 e. The van der Waals surface area contributed by atoms with Gasteiger partial charge in [-0.3, -0.25) is 4.79 Å². The van der Waals surface area contributed by atoms with Crippen molar-refractivity contribution in [2.75, 3.05) is 6.54 Å². The average Bonchev–Trinajstić information content (AvgIpc) is 2.82. The summed E-state index contributed by atoms with van der Waals surface area (Å²) in [4.78, 5) is 11.2. The molecular weight excluding hydrogens is 170 g/mol. The molecule has 0 aliphatic heterocycles. The van der Waals surface area contributed by atoms with Crippen molar-refractivity contribution in [3.05, 3.63) is 0 Å². The first-order chi connectivity index (χ1) is 6.15. The highest BCUT2D eigenvalue weighted by atomic mass is 16.4. The molecule has 0 aromatic heterocycles. The van der Waals surface area contributed by atoms with E-state index in [1.165, 1.54) is 0 Å². The molecule has 1 aliphatic rings. The third kappa shape index (κ3) is 2.93. The minimum atomic E-state index is 0.0817. The molecule has 0 aromatic carbocycles. The fourth-order valence-corrected chi connectivity index (χ4v) is 1.18. The van der Waals surface area contributed by atoms with E-state index in [-0.39, 0.29) is 17.7 Å². The van der Waals surface area contributed by atoms with Gasteiger partial charge in [0.1, 0.15) is 5.84 Å². The van der Waals surface area contributed by atoms with E-state index in [2.05, 4.69) is 10.5 Å². The number of carbonyl (C=O) groups is 1. The molecule has 2 atom stereocenters. The number of nitrogens with zero attached hydrogens (tertiary/aromatic N) is 1. The zero-order valence-corrected chi connectivity index (χ0v) is 7.66. The van der Waals surface area contributed by atoms with Gasteiger partial charge in [-0.15, -0.1) is 0 Å². The number of nitrogens with two attached hydrogens (primary N) is 1. The summed E-state index contributed by atoms with van der Waals surface area (Å²) in [5.74, 6) is 0.929. The van der Waals surface area contributed by atoms with Crippen molar-refractivity contribution in [3.63, 3.8) is 0 Å². The quantitative estimate of drug-likeness (QED) is 0.247. The zero-order chi connectivity index (χ0) is 9.84. The lowest BCUT2D eigenvalue weighted by Crippen LogP contribution is -2.29. The Hall–Kier alpha value is -1.26. The van der Waals surface area contributed by atoms with E-state index >= 15 is 0 Å². The lowest BCUT2D eigenvalue weighted by atomic mass is 10.3. The van der Waals surface area contributed by atoms with Gasteiger partial charge in [0.25, 0.3) is 0 Å². The maximum absolute atomic E-state index is 11.2. The number of hydrogen-bond donors (Lipinski definition) is 3. The molecule has 0 radical (unpaired) electrons. The Morgan fingerprint density at radius 3 is 2.85 bits per heavy atom. The second kappa shape index (κ2) is 4.11. The Morgan fingerprint density at radius 1 is 1.77 bits per heavy atom. The molecule has 5 nitrogen and oxygen atoms in total. The standard InChI is InChI=1S/C8H15N3O2/c1-5-4-6(5)8(12)10-3-2-7(9)11-13/h5-6,13H,2-4H2,1H3,(H2,9,11)(H,10,12). The predicted molar refractivity (Wildman–Crippen MR) is 48.3 cm³/mol. The lowest BCUT2D eigenvalue weighted by Gasteiger charge is -2.02. The molecule has 1 rings (SSSR count). The summed E-state index contributed by atoms with van der Waals surface area (Å²) in [5.41, 5.74) is 5.23. The molecule has 0 aromatic rings.